The number of carbonyl (C=O) groups is 2. The molecule has 0 bridgehead atoms. The highest BCUT2D eigenvalue weighted by molar-refractivity contribution is 6.33. The second-order valence-electron chi connectivity index (χ2n) is 6.26. The van der Waals surface area contributed by atoms with Crippen molar-refractivity contribution >= 4 is 29.2 Å². The molecule has 1 aliphatic heterocycles. The van der Waals surface area contributed by atoms with Crippen LogP contribution in [0.5, 0.6) is 28.7 Å². The van der Waals surface area contributed by atoms with Crippen LogP contribution in [0, 0.1) is 0 Å². The third-order valence-electron chi connectivity index (χ3n) is 4.41. The third-order valence-corrected chi connectivity index (χ3v) is 4.83. The first-order valence-corrected chi connectivity index (χ1v) is 9.06. The molecule has 9 nitrogen and oxygen atoms in total. The molecule has 0 spiro atoms. The maximum Gasteiger partial charge on any atom is 0.341 e. The Morgan fingerprint density at radius 3 is 2.57 bits per heavy atom. The summed E-state index contributed by atoms with van der Waals surface area (Å²) in [5.74, 6) is -1.94. The molecule has 4 N–H and O–H groups in total. The van der Waals surface area contributed by atoms with Crippen molar-refractivity contribution in [1.29, 1.82) is 0 Å². The van der Waals surface area contributed by atoms with Crippen LogP contribution in [0.1, 0.15) is 22.3 Å². The van der Waals surface area contributed by atoms with Crippen molar-refractivity contribution in [3.63, 3.8) is 0 Å². The first-order chi connectivity index (χ1) is 14.3. The number of phenols is 3. The van der Waals surface area contributed by atoms with Crippen LogP contribution in [-0.4, -0.2) is 41.4 Å². The van der Waals surface area contributed by atoms with Gasteiger partial charge < -0.3 is 34.8 Å². The zero-order valence-corrected chi connectivity index (χ0v) is 16.7. The van der Waals surface area contributed by atoms with Gasteiger partial charge in [0, 0.05) is 18.2 Å². The minimum Gasteiger partial charge on any atom is -0.507 e. The predicted molar refractivity (Wildman–Crippen MR) is 106 cm³/mol. The van der Waals surface area contributed by atoms with Gasteiger partial charge in [0.1, 0.15) is 17.1 Å². The first kappa shape index (κ1) is 21.1. The number of carbonyl (C=O) groups excluding carboxylic acids is 2. The lowest BCUT2D eigenvalue weighted by Gasteiger charge is -2.21. The van der Waals surface area contributed by atoms with Gasteiger partial charge in [-0.15, -0.1) is 0 Å². The fraction of sp³-hybridized carbons (Fsp3) is 0.200. The summed E-state index contributed by atoms with van der Waals surface area (Å²) in [7, 11) is 2.53. The van der Waals surface area contributed by atoms with E-state index in [-0.39, 0.29) is 57.7 Å². The Balaban J connectivity index is 1.86. The highest BCUT2D eigenvalue weighted by Crippen LogP contribution is 2.41. The molecule has 0 atom stereocenters. The molecule has 0 saturated heterocycles. The molecule has 0 aromatic heterocycles. The Morgan fingerprint density at radius 2 is 1.90 bits per heavy atom. The van der Waals surface area contributed by atoms with Crippen molar-refractivity contribution in [3.05, 3.63) is 46.2 Å². The minimum absolute atomic E-state index is 0.0182. The number of hydrogen-bond donors (Lipinski definition) is 4. The summed E-state index contributed by atoms with van der Waals surface area (Å²) < 4.78 is 15.3. The number of anilines is 1. The van der Waals surface area contributed by atoms with E-state index in [0.717, 1.165) is 13.2 Å². The van der Waals surface area contributed by atoms with E-state index in [1.807, 2.05) is 0 Å². The van der Waals surface area contributed by atoms with E-state index in [4.69, 9.17) is 21.1 Å². The largest absolute Gasteiger partial charge is 0.507 e. The summed E-state index contributed by atoms with van der Waals surface area (Å²) >= 11 is 6.10. The number of phenolic OH excluding ortho intramolecular Hbond substituents is 3. The molecule has 158 valence electrons. The van der Waals surface area contributed by atoms with Gasteiger partial charge in [-0.3, -0.25) is 4.79 Å². The maximum absolute atomic E-state index is 12.3. The standard InChI is InChI=1S/C20H18ClNO8/c1-28-16-8-15-10(6-11(16)23)22-19(26)14(30-15)5-3-4-9-17(20(27)29-2)12(24)7-13(25)18(9)21/h5-8,23-25H,3-4H2,1-2H3,(H,22,26)/b14-5-. The molecule has 1 heterocycles. The molecular weight excluding hydrogens is 418 g/mol. The van der Waals surface area contributed by atoms with Crippen molar-refractivity contribution in [3.8, 4) is 28.7 Å². The van der Waals surface area contributed by atoms with Gasteiger partial charge >= 0.3 is 5.97 Å². The lowest BCUT2D eigenvalue weighted by molar-refractivity contribution is -0.115. The van der Waals surface area contributed by atoms with Crippen LogP contribution in [0.25, 0.3) is 0 Å². The van der Waals surface area contributed by atoms with Gasteiger partial charge in [0.2, 0.25) is 0 Å². The van der Waals surface area contributed by atoms with Crippen molar-refractivity contribution in [2.75, 3.05) is 19.5 Å². The number of aromatic hydroxyl groups is 3. The van der Waals surface area contributed by atoms with E-state index in [9.17, 15) is 24.9 Å². The monoisotopic (exact) mass is 435 g/mol. The van der Waals surface area contributed by atoms with E-state index in [2.05, 4.69) is 10.1 Å². The van der Waals surface area contributed by atoms with Gasteiger partial charge in [0.25, 0.3) is 5.91 Å². The highest BCUT2D eigenvalue weighted by Gasteiger charge is 2.25. The summed E-state index contributed by atoms with van der Waals surface area (Å²) in [5, 5.41) is 32.2. The molecule has 0 saturated carbocycles. The number of hydrogen-bond acceptors (Lipinski definition) is 8. The van der Waals surface area contributed by atoms with E-state index in [1.165, 1.54) is 25.3 Å². The number of fused-ring (bicyclic) bond motifs is 1. The van der Waals surface area contributed by atoms with Gasteiger partial charge in [-0.1, -0.05) is 11.6 Å². The summed E-state index contributed by atoms with van der Waals surface area (Å²) in [5.41, 5.74) is 0.281. The molecule has 0 fully saturated rings. The van der Waals surface area contributed by atoms with Crippen LogP contribution >= 0.6 is 11.6 Å². The zero-order chi connectivity index (χ0) is 22.0. The van der Waals surface area contributed by atoms with Gasteiger partial charge in [0.15, 0.2) is 23.0 Å². The number of halogens is 1. The molecular formula is C20H18ClNO8. The molecule has 30 heavy (non-hydrogen) atoms. The second kappa shape index (κ2) is 8.42. The molecule has 0 aliphatic carbocycles. The van der Waals surface area contributed by atoms with Gasteiger partial charge in [-0.05, 0) is 24.5 Å². The van der Waals surface area contributed by atoms with Crippen LogP contribution in [0.4, 0.5) is 5.69 Å². The average Bonchev–Trinajstić information content (AvgIpc) is 2.71. The quantitative estimate of drug-likeness (QED) is 0.415. The smallest absolute Gasteiger partial charge is 0.341 e. The number of benzene rings is 2. The number of methoxy groups -OCH3 is 2. The van der Waals surface area contributed by atoms with Crippen LogP contribution in [-0.2, 0) is 16.0 Å². The van der Waals surface area contributed by atoms with E-state index in [1.54, 1.807) is 0 Å². The highest BCUT2D eigenvalue weighted by atomic mass is 35.5. The Bertz CT molecular complexity index is 1060. The molecule has 0 unspecified atom stereocenters. The lowest BCUT2D eigenvalue weighted by atomic mass is 10.0. The van der Waals surface area contributed by atoms with Crippen molar-refractivity contribution in [1.82, 2.24) is 0 Å². The van der Waals surface area contributed by atoms with Crippen molar-refractivity contribution in [2.45, 2.75) is 12.8 Å². The molecule has 3 rings (SSSR count). The van der Waals surface area contributed by atoms with Gasteiger partial charge in [-0.25, -0.2) is 4.79 Å². The van der Waals surface area contributed by atoms with Gasteiger partial charge in [0.05, 0.1) is 24.9 Å². The summed E-state index contributed by atoms with van der Waals surface area (Å²) in [6, 6.07) is 3.69. The van der Waals surface area contributed by atoms with Crippen molar-refractivity contribution < 1.29 is 39.1 Å². The minimum atomic E-state index is -0.815. The number of rotatable bonds is 5. The first-order valence-electron chi connectivity index (χ1n) is 8.68. The zero-order valence-electron chi connectivity index (χ0n) is 16.0. The number of amides is 1. The number of nitrogens with one attached hydrogen (secondary N) is 1. The molecule has 1 aliphatic rings. The lowest BCUT2D eigenvalue weighted by Crippen LogP contribution is -2.23. The Labute approximate surface area is 176 Å². The van der Waals surface area contributed by atoms with E-state index < -0.39 is 23.4 Å². The normalized spacial score (nSPS) is 14.0. The van der Waals surface area contributed by atoms with Gasteiger partial charge in [-0.2, -0.15) is 0 Å². The van der Waals surface area contributed by atoms with Crippen LogP contribution in [0.15, 0.2) is 30.0 Å². The number of ether oxygens (including phenoxy) is 3. The number of allylic oxidation sites excluding steroid dienone is 1. The summed E-state index contributed by atoms with van der Waals surface area (Å²) in [4.78, 5) is 24.3. The molecule has 1 amide bonds. The fourth-order valence-electron chi connectivity index (χ4n) is 2.97. The molecule has 2 aromatic carbocycles. The van der Waals surface area contributed by atoms with E-state index >= 15 is 0 Å². The molecule has 2 aromatic rings. The number of esters is 1. The summed E-state index contributed by atoms with van der Waals surface area (Å²) in [6.45, 7) is 0. The second-order valence-corrected chi connectivity index (χ2v) is 6.64. The fourth-order valence-corrected chi connectivity index (χ4v) is 3.22. The maximum atomic E-state index is 12.3. The summed E-state index contributed by atoms with van der Waals surface area (Å²) in [6.07, 6.45) is 1.74. The topological polar surface area (TPSA) is 135 Å². The Morgan fingerprint density at radius 1 is 1.17 bits per heavy atom. The molecule has 0 radical (unpaired) electrons. The molecule has 10 heteroatoms. The van der Waals surface area contributed by atoms with Crippen molar-refractivity contribution in [2.24, 2.45) is 0 Å². The predicted octanol–water partition coefficient (Wildman–Crippen LogP) is 3.10. The SMILES string of the molecule is COC(=O)c1c(O)cc(O)c(Cl)c1CC/C=C1\Oc2cc(OC)c(O)cc2NC1=O. The van der Waals surface area contributed by atoms with Crippen LogP contribution in [0.2, 0.25) is 5.02 Å². The third kappa shape index (κ3) is 3.92. The average molecular weight is 436 g/mol. The van der Waals surface area contributed by atoms with Crippen LogP contribution < -0.4 is 14.8 Å². The van der Waals surface area contributed by atoms with E-state index in [0.29, 0.717) is 0 Å². The van der Waals surface area contributed by atoms with Crippen LogP contribution in [0.3, 0.4) is 0 Å². The Hall–Kier alpha value is -3.59. The Kier molecular flexibility index (Phi) is 5.93.